The Bertz CT molecular complexity index is 975. The lowest BCUT2D eigenvalue weighted by molar-refractivity contribution is 0.0593. The summed E-state index contributed by atoms with van der Waals surface area (Å²) < 4.78 is 6.01. The number of ether oxygens (including phenoxy) is 1. The van der Waals surface area contributed by atoms with Crippen molar-refractivity contribution in [2.24, 2.45) is 0 Å². The molecule has 0 radical (unpaired) electrons. The summed E-state index contributed by atoms with van der Waals surface area (Å²) in [6.07, 6.45) is 4.62. The van der Waals surface area contributed by atoms with Gasteiger partial charge in [-0.05, 0) is 29.7 Å². The van der Waals surface area contributed by atoms with Gasteiger partial charge >= 0.3 is 0 Å². The highest BCUT2D eigenvalue weighted by atomic mass is 16.5. The maximum Gasteiger partial charge on any atom is 0.257 e. The van der Waals surface area contributed by atoms with Crippen molar-refractivity contribution in [2.75, 3.05) is 32.8 Å². The summed E-state index contributed by atoms with van der Waals surface area (Å²) in [5, 5.41) is 0. The first-order chi connectivity index (χ1) is 16.8. The molecule has 1 amide bonds. The summed E-state index contributed by atoms with van der Waals surface area (Å²) in [4.78, 5) is 17.9. The highest BCUT2D eigenvalue weighted by Crippen LogP contribution is 2.30. The predicted molar refractivity (Wildman–Crippen MR) is 138 cm³/mol. The van der Waals surface area contributed by atoms with E-state index in [0.29, 0.717) is 31.0 Å². The second-order valence-corrected chi connectivity index (χ2v) is 8.96. The Morgan fingerprint density at radius 1 is 0.765 bits per heavy atom. The molecular weight excluding hydrogens is 420 g/mol. The van der Waals surface area contributed by atoms with Crippen molar-refractivity contribution in [1.82, 2.24) is 9.80 Å². The summed E-state index contributed by atoms with van der Waals surface area (Å²) >= 11 is 0. The standard InChI is InChI=1S/C30H36N2O2/c1-2-3-4-13-24-34-28-19-12-11-18-27(28)30(33)32-22-20-31(21-23-32)29(25-14-7-5-8-15-25)26-16-9-6-10-17-26/h5-12,14-19,29H,2-4,13,20-24H2,1H3. The largest absolute Gasteiger partial charge is 0.493 e. The van der Waals surface area contributed by atoms with Crippen LogP contribution in [0.1, 0.15) is 60.1 Å². The Morgan fingerprint density at radius 2 is 1.35 bits per heavy atom. The number of benzene rings is 3. The highest BCUT2D eigenvalue weighted by molar-refractivity contribution is 5.97. The van der Waals surface area contributed by atoms with E-state index in [1.807, 2.05) is 29.2 Å². The third-order valence-corrected chi connectivity index (χ3v) is 6.57. The molecule has 0 aromatic heterocycles. The van der Waals surface area contributed by atoms with Crippen molar-refractivity contribution in [3.8, 4) is 5.75 Å². The van der Waals surface area contributed by atoms with Crippen LogP contribution in [-0.4, -0.2) is 48.5 Å². The summed E-state index contributed by atoms with van der Waals surface area (Å²) in [5.41, 5.74) is 3.25. The first-order valence-electron chi connectivity index (χ1n) is 12.6. The van der Waals surface area contributed by atoms with Crippen molar-refractivity contribution in [2.45, 2.75) is 38.6 Å². The molecule has 1 aliphatic heterocycles. The van der Waals surface area contributed by atoms with Crippen LogP contribution in [0.4, 0.5) is 0 Å². The molecule has 0 bridgehead atoms. The molecule has 178 valence electrons. The smallest absolute Gasteiger partial charge is 0.257 e. The molecule has 1 aliphatic rings. The fourth-order valence-corrected chi connectivity index (χ4v) is 4.72. The third-order valence-electron chi connectivity index (χ3n) is 6.57. The van der Waals surface area contributed by atoms with Crippen LogP contribution in [0.3, 0.4) is 0 Å². The predicted octanol–water partition coefficient (Wildman–Crippen LogP) is 6.19. The molecule has 34 heavy (non-hydrogen) atoms. The van der Waals surface area contributed by atoms with E-state index in [4.69, 9.17) is 4.74 Å². The van der Waals surface area contributed by atoms with Gasteiger partial charge < -0.3 is 9.64 Å². The molecule has 0 unspecified atom stereocenters. The maximum atomic E-state index is 13.4. The van der Waals surface area contributed by atoms with Crippen LogP contribution in [0.5, 0.6) is 5.75 Å². The van der Waals surface area contributed by atoms with E-state index >= 15 is 0 Å². The molecule has 4 nitrogen and oxygen atoms in total. The highest BCUT2D eigenvalue weighted by Gasteiger charge is 2.29. The monoisotopic (exact) mass is 456 g/mol. The van der Waals surface area contributed by atoms with Crippen LogP contribution in [0, 0.1) is 0 Å². The number of hydrogen-bond acceptors (Lipinski definition) is 3. The molecule has 4 heteroatoms. The van der Waals surface area contributed by atoms with E-state index in [9.17, 15) is 4.79 Å². The Morgan fingerprint density at radius 3 is 1.97 bits per heavy atom. The van der Waals surface area contributed by atoms with Gasteiger partial charge in [-0.1, -0.05) is 99.0 Å². The van der Waals surface area contributed by atoms with Gasteiger partial charge in [-0.25, -0.2) is 0 Å². The summed E-state index contributed by atoms with van der Waals surface area (Å²) in [6, 6.07) is 29.2. The van der Waals surface area contributed by atoms with Crippen molar-refractivity contribution in [3.63, 3.8) is 0 Å². The molecule has 0 saturated carbocycles. The van der Waals surface area contributed by atoms with Crippen molar-refractivity contribution < 1.29 is 9.53 Å². The second kappa shape index (κ2) is 12.4. The first kappa shape index (κ1) is 24.0. The van der Waals surface area contributed by atoms with Gasteiger partial charge in [0.05, 0.1) is 18.2 Å². The van der Waals surface area contributed by atoms with Crippen LogP contribution < -0.4 is 4.74 Å². The minimum Gasteiger partial charge on any atom is -0.493 e. The molecule has 0 aliphatic carbocycles. The van der Waals surface area contributed by atoms with Crippen LogP contribution >= 0.6 is 0 Å². The lowest BCUT2D eigenvalue weighted by atomic mass is 9.96. The van der Waals surface area contributed by atoms with Gasteiger partial charge in [0.25, 0.3) is 5.91 Å². The zero-order valence-electron chi connectivity index (χ0n) is 20.2. The molecule has 1 heterocycles. The van der Waals surface area contributed by atoms with Crippen molar-refractivity contribution >= 4 is 5.91 Å². The first-order valence-corrected chi connectivity index (χ1v) is 12.6. The Labute approximate surface area is 204 Å². The summed E-state index contributed by atoms with van der Waals surface area (Å²) in [7, 11) is 0. The number of amides is 1. The average Bonchev–Trinajstić information content (AvgIpc) is 2.90. The van der Waals surface area contributed by atoms with Gasteiger partial charge in [-0.15, -0.1) is 0 Å². The van der Waals surface area contributed by atoms with E-state index in [-0.39, 0.29) is 11.9 Å². The lowest BCUT2D eigenvalue weighted by Crippen LogP contribution is -2.49. The third kappa shape index (κ3) is 6.06. The summed E-state index contributed by atoms with van der Waals surface area (Å²) in [5.74, 6) is 0.776. The van der Waals surface area contributed by atoms with Crippen LogP contribution in [0.25, 0.3) is 0 Å². The average molecular weight is 457 g/mol. The van der Waals surface area contributed by atoms with Gasteiger partial charge in [0, 0.05) is 26.2 Å². The fourth-order valence-electron chi connectivity index (χ4n) is 4.72. The van der Waals surface area contributed by atoms with E-state index in [2.05, 4.69) is 72.5 Å². The zero-order chi connectivity index (χ0) is 23.6. The number of rotatable bonds is 10. The van der Waals surface area contributed by atoms with E-state index in [0.717, 1.165) is 19.5 Å². The molecular formula is C30H36N2O2. The molecule has 1 saturated heterocycles. The molecule has 1 fully saturated rings. The topological polar surface area (TPSA) is 32.8 Å². The van der Waals surface area contributed by atoms with Crippen molar-refractivity contribution in [1.29, 1.82) is 0 Å². The van der Waals surface area contributed by atoms with Crippen LogP contribution in [0.2, 0.25) is 0 Å². The van der Waals surface area contributed by atoms with E-state index in [1.165, 1.54) is 30.4 Å². The molecule has 0 spiro atoms. The van der Waals surface area contributed by atoms with Gasteiger partial charge in [0.1, 0.15) is 5.75 Å². The molecule has 4 rings (SSSR count). The molecule has 0 atom stereocenters. The lowest BCUT2D eigenvalue weighted by Gasteiger charge is -2.40. The summed E-state index contributed by atoms with van der Waals surface area (Å²) in [6.45, 7) is 5.95. The maximum absolute atomic E-state index is 13.4. The number of para-hydroxylation sites is 1. The van der Waals surface area contributed by atoms with Gasteiger partial charge in [0.15, 0.2) is 0 Å². The van der Waals surface area contributed by atoms with Crippen LogP contribution in [-0.2, 0) is 0 Å². The van der Waals surface area contributed by atoms with E-state index < -0.39 is 0 Å². The molecule has 0 N–H and O–H groups in total. The van der Waals surface area contributed by atoms with Gasteiger partial charge in [0.2, 0.25) is 0 Å². The van der Waals surface area contributed by atoms with Crippen molar-refractivity contribution in [3.05, 3.63) is 102 Å². The quantitative estimate of drug-likeness (QED) is 0.341. The van der Waals surface area contributed by atoms with Crippen LogP contribution in [0.15, 0.2) is 84.9 Å². The SMILES string of the molecule is CCCCCCOc1ccccc1C(=O)N1CCN(C(c2ccccc2)c2ccccc2)CC1. The number of unbranched alkanes of at least 4 members (excludes halogenated alkanes) is 3. The zero-order valence-corrected chi connectivity index (χ0v) is 20.2. The number of carbonyl (C=O) groups excluding carboxylic acids is 1. The minimum absolute atomic E-state index is 0.0692. The normalized spacial score (nSPS) is 14.4. The fraction of sp³-hybridized carbons (Fsp3) is 0.367. The minimum atomic E-state index is 0.0692. The number of piperazine rings is 1. The van der Waals surface area contributed by atoms with Gasteiger partial charge in [-0.3, -0.25) is 9.69 Å². The Kier molecular flexibility index (Phi) is 8.75. The second-order valence-electron chi connectivity index (χ2n) is 8.96. The number of hydrogen-bond donors (Lipinski definition) is 0. The van der Waals surface area contributed by atoms with Gasteiger partial charge in [-0.2, -0.15) is 0 Å². The molecule has 3 aromatic rings. The number of nitrogens with zero attached hydrogens (tertiary/aromatic N) is 2. The molecule has 3 aromatic carbocycles. The Hall–Kier alpha value is -3.11. The van der Waals surface area contributed by atoms with E-state index in [1.54, 1.807) is 0 Å². The Balaban J connectivity index is 1.42. The number of carbonyl (C=O) groups is 1.